The van der Waals surface area contributed by atoms with Gasteiger partial charge in [-0.25, -0.2) is 0 Å². The molecule has 0 aliphatic carbocycles. The zero-order valence-corrected chi connectivity index (χ0v) is 16.2. The smallest absolute Gasteiger partial charge is 0.306 e. The van der Waals surface area contributed by atoms with Crippen LogP contribution in [-0.2, 0) is 9.59 Å². The minimum absolute atomic E-state index is 0.00621. The van der Waals surface area contributed by atoms with Crippen molar-refractivity contribution in [1.82, 2.24) is 5.32 Å². The number of hydrogen-bond acceptors (Lipinski definition) is 5. The quantitative estimate of drug-likeness (QED) is 0.586. The zero-order valence-electron chi connectivity index (χ0n) is 15.4. The molecule has 1 aromatic heterocycles. The first-order valence-electron chi connectivity index (χ1n) is 8.86. The minimum atomic E-state index is -0.967. The van der Waals surface area contributed by atoms with E-state index in [0.29, 0.717) is 0 Å². The van der Waals surface area contributed by atoms with Crippen LogP contribution in [0, 0.1) is 27.8 Å². The molecule has 0 saturated carbocycles. The van der Waals surface area contributed by atoms with Crippen LogP contribution >= 0.6 is 11.3 Å². The number of nitrogens with zero attached hydrogens (tertiary/aromatic N) is 2. The summed E-state index contributed by atoms with van der Waals surface area (Å²) in [7, 11) is 0. The second-order valence-corrected chi connectivity index (χ2v) is 8.02. The van der Waals surface area contributed by atoms with E-state index >= 15 is 0 Å². The standard InChI is InChI=1S/C19H20FN3O4S/c1-11(2)18(16-4-3-7-28-16)21-19(25)12-8-17(24)22(10-12)13-5-6-14(20)15(9-13)23(26)27/h3-7,9,11-12,18H,8,10H2,1-2H3,(H,21,25). The summed E-state index contributed by atoms with van der Waals surface area (Å²) >= 11 is 1.56. The van der Waals surface area contributed by atoms with E-state index in [1.165, 1.54) is 11.0 Å². The topological polar surface area (TPSA) is 92.6 Å². The van der Waals surface area contributed by atoms with E-state index in [1.54, 1.807) is 11.3 Å². The summed E-state index contributed by atoms with van der Waals surface area (Å²) in [4.78, 5) is 37.6. The molecule has 1 aliphatic rings. The maximum Gasteiger partial charge on any atom is 0.306 e. The van der Waals surface area contributed by atoms with Crippen LogP contribution in [-0.4, -0.2) is 23.3 Å². The van der Waals surface area contributed by atoms with Gasteiger partial charge in [-0.1, -0.05) is 19.9 Å². The van der Waals surface area contributed by atoms with Crippen LogP contribution in [0.3, 0.4) is 0 Å². The number of halogens is 1. The highest BCUT2D eigenvalue weighted by Gasteiger charge is 2.37. The SMILES string of the molecule is CC(C)C(NC(=O)C1CC(=O)N(c2ccc(F)c([N+](=O)[O-])c2)C1)c1cccs1. The van der Waals surface area contributed by atoms with E-state index in [1.807, 2.05) is 31.4 Å². The molecule has 0 radical (unpaired) electrons. The van der Waals surface area contributed by atoms with Gasteiger partial charge in [-0.3, -0.25) is 19.7 Å². The maximum absolute atomic E-state index is 13.6. The Labute approximate surface area is 165 Å². The highest BCUT2D eigenvalue weighted by Crippen LogP contribution is 2.31. The van der Waals surface area contributed by atoms with Crippen molar-refractivity contribution < 1.29 is 18.9 Å². The molecular formula is C19H20FN3O4S. The number of nitro groups is 1. The molecule has 7 nitrogen and oxygen atoms in total. The molecule has 2 atom stereocenters. The van der Waals surface area contributed by atoms with Crippen molar-refractivity contribution in [3.8, 4) is 0 Å². The number of nitrogens with one attached hydrogen (secondary N) is 1. The van der Waals surface area contributed by atoms with Gasteiger partial charge in [-0.05, 0) is 29.5 Å². The van der Waals surface area contributed by atoms with Crippen molar-refractivity contribution in [1.29, 1.82) is 0 Å². The van der Waals surface area contributed by atoms with E-state index in [-0.39, 0.29) is 42.4 Å². The lowest BCUT2D eigenvalue weighted by molar-refractivity contribution is -0.387. The second kappa shape index (κ2) is 8.05. The van der Waals surface area contributed by atoms with Gasteiger partial charge in [0.25, 0.3) is 0 Å². The third kappa shape index (κ3) is 4.04. The molecule has 9 heteroatoms. The minimum Gasteiger partial charge on any atom is -0.348 e. The molecule has 1 saturated heterocycles. The van der Waals surface area contributed by atoms with Gasteiger partial charge in [0.15, 0.2) is 0 Å². The summed E-state index contributed by atoms with van der Waals surface area (Å²) in [6, 6.07) is 7.02. The lowest BCUT2D eigenvalue weighted by Gasteiger charge is -2.23. The molecular weight excluding hydrogens is 385 g/mol. The first-order chi connectivity index (χ1) is 13.3. The van der Waals surface area contributed by atoms with Gasteiger partial charge in [-0.15, -0.1) is 11.3 Å². The van der Waals surface area contributed by atoms with Crippen LogP contribution in [0.4, 0.5) is 15.8 Å². The molecule has 148 valence electrons. The Morgan fingerprint density at radius 3 is 2.75 bits per heavy atom. The average Bonchev–Trinajstić information content (AvgIpc) is 3.29. The van der Waals surface area contributed by atoms with E-state index in [9.17, 15) is 24.1 Å². The fourth-order valence-corrected chi connectivity index (χ4v) is 4.20. The molecule has 0 spiro atoms. The fourth-order valence-electron chi connectivity index (χ4n) is 3.25. The Bertz CT molecular complexity index is 901. The third-order valence-corrected chi connectivity index (χ3v) is 5.70. The Morgan fingerprint density at radius 1 is 1.39 bits per heavy atom. The van der Waals surface area contributed by atoms with Crippen molar-refractivity contribution >= 4 is 34.5 Å². The van der Waals surface area contributed by atoms with Crippen molar-refractivity contribution in [3.63, 3.8) is 0 Å². The van der Waals surface area contributed by atoms with E-state index in [4.69, 9.17) is 0 Å². The van der Waals surface area contributed by atoms with Crippen LogP contribution in [0.25, 0.3) is 0 Å². The molecule has 1 N–H and O–H groups in total. The van der Waals surface area contributed by atoms with Gasteiger partial charge in [0.05, 0.1) is 22.6 Å². The third-order valence-electron chi connectivity index (χ3n) is 4.75. The number of anilines is 1. The number of rotatable bonds is 6. The molecule has 2 aromatic rings. The molecule has 2 heterocycles. The zero-order chi connectivity index (χ0) is 20.4. The van der Waals surface area contributed by atoms with Gasteiger partial charge in [0, 0.05) is 23.9 Å². The molecule has 1 aromatic carbocycles. The number of nitro benzene ring substituents is 1. The number of hydrogen-bond donors (Lipinski definition) is 1. The molecule has 0 bridgehead atoms. The van der Waals surface area contributed by atoms with Gasteiger partial charge in [0.2, 0.25) is 17.6 Å². The highest BCUT2D eigenvalue weighted by molar-refractivity contribution is 7.10. The van der Waals surface area contributed by atoms with Gasteiger partial charge >= 0.3 is 5.69 Å². The van der Waals surface area contributed by atoms with Crippen LogP contribution in [0.5, 0.6) is 0 Å². The fraction of sp³-hybridized carbons (Fsp3) is 0.368. The Hall–Kier alpha value is -2.81. The first kappa shape index (κ1) is 19.9. The highest BCUT2D eigenvalue weighted by atomic mass is 32.1. The van der Waals surface area contributed by atoms with E-state index in [2.05, 4.69) is 5.32 Å². The number of amides is 2. The molecule has 1 fully saturated rings. The van der Waals surface area contributed by atoms with Crippen LogP contribution < -0.4 is 10.2 Å². The van der Waals surface area contributed by atoms with Crippen LogP contribution in [0.1, 0.15) is 31.2 Å². The largest absolute Gasteiger partial charge is 0.348 e. The summed E-state index contributed by atoms with van der Waals surface area (Å²) in [5.74, 6) is -1.92. The Morgan fingerprint density at radius 2 is 2.14 bits per heavy atom. The molecule has 3 rings (SSSR count). The Kier molecular flexibility index (Phi) is 5.73. The predicted molar refractivity (Wildman–Crippen MR) is 104 cm³/mol. The van der Waals surface area contributed by atoms with Gasteiger partial charge in [0.1, 0.15) is 0 Å². The summed E-state index contributed by atoms with van der Waals surface area (Å²) < 4.78 is 13.6. The molecule has 2 unspecified atom stereocenters. The summed E-state index contributed by atoms with van der Waals surface area (Å²) in [6.07, 6.45) is 0.00621. The monoisotopic (exact) mass is 405 g/mol. The van der Waals surface area contributed by atoms with Crippen molar-refractivity contribution in [2.24, 2.45) is 11.8 Å². The van der Waals surface area contributed by atoms with Crippen LogP contribution in [0.2, 0.25) is 0 Å². The second-order valence-electron chi connectivity index (χ2n) is 7.04. The maximum atomic E-state index is 13.6. The van der Waals surface area contributed by atoms with E-state index < -0.39 is 22.3 Å². The van der Waals surface area contributed by atoms with Crippen molar-refractivity contribution in [2.45, 2.75) is 26.3 Å². The van der Waals surface area contributed by atoms with Crippen molar-refractivity contribution in [3.05, 3.63) is 56.5 Å². The van der Waals surface area contributed by atoms with Gasteiger partial charge in [-0.2, -0.15) is 4.39 Å². The lowest BCUT2D eigenvalue weighted by atomic mass is 10.0. The number of carbonyl (C=O) groups is 2. The molecule has 1 aliphatic heterocycles. The average molecular weight is 405 g/mol. The predicted octanol–water partition coefficient (Wildman–Crippen LogP) is 3.66. The lowest BCUT2D eigenvalue weighted by Crippen LogP contribution is -2.37. The summed E-state index contributed by atoms with van der Waals surface area (Å²) in [5, 5.41) is 15.9. The van der Waals surface area contributed by atoms with E-state index in [0.717, 1.165) is 17.0 Å². The Balaban J connectivity index is 1.74. The number of benzene rings is 1. The number of thiophene rings is 1. The van der Waals surface area contributed by atoms with Crippen molar-refractivity contribution in [2.75, 3.05) is 11.4 Å². The normalized spacial score (nSPS) is 17.8. The summed E-state index contributed by atoms with van der Waals surface area (Å²) in [6.45, 7) is 4.12. The molecule has 28 heavy (non-hydrogen) atoms. The van der Waals surface area contributed by atoms with Gasteiger partial charge < -0.3 is 10.2 Å². The molecule has 2 amide bonds. The van der Waals surface area contributed by atoms with Crippen LogP contribution in [0.15, 0.2) is 35.7 Å². The number of carbonyl (C=O) groups excluding carboxylic acids is 2. The summed E-state index contributed by atoms with van der Waals surface area (Å²) in [5.41, 5.74) is -0.483. The first-order valence-corrected chi connectivity index (χ1v) is 9.74.